The van der Waals surface area contributed by atoms with Crippen molar-refractivity contribution in [2.24, 2.45) is 0 Å². The number of hydrogen-bond acceptors (Lipinski definition) is 3. The number of anilines is 2. The van der Waals surface area contributed by atoms with Crippen LogP contribution in [0.2, 0.25) is 0 Å². The summed E-state index contributed by atoms with van der Waals surface area (Å²) in [5.74, 6) is -0.147. The van der Waals surface area contributed by atoms with E-state index >= 15 is 0 Å². The second kappa shape index (κ2) is 6.52. The molecule has 3 N–H and O–H groups in total. The summed E-state index contributed by atoms with van der Waals surface area (Å²) in [6.45, 7) is 4.21. The first kappa shape index (κ1) is 13.0. The predicted octanol–water partition coefficient (Wildman–Crippen LogP) is 1.19. The average Bonchev–Trinajstić information content (AvgIpc) is 2.28. The van der Waals surface area contributed by atoms with E-state index in [-0.39, 0.29) is 18.4 Å². The SMILES string of the molecule is CCNC(=O)CNc1ccc(NC(C)=O)cc1. The third-order valence-electron chi connectivity index (χ3n) is 2.03. The molecular formula is C12H17N3O2. The van der Waals surface area contributed by atoms with Gasteiger partial charge in [-0.25, -0.2) is 0 Å². The minimum absolute atomic E-state index is 0.0431. The highest BCUT2D eigenvalue weighted by Gasteiger charge is 1.99. The molecule has 0 radical (unpaired) electrons. The van der Waals surface area contributed by atoms with Crippen LogP contribution in [-0.2, 0) is 9.59 Å². The largest absolute Gasteiger partial charge is 0.376 e. The molecule has 5 nitrogen and oxygen atoms in total. The maximum Gasteiger partial charge on any atom is 0.239 e. The van der Waals surface area contributed by atoms with Gasteiger partial charge in [0.05, 0.1) is 6.54 Å². The Kier molecular flexibility index (Phi) is 5.00. The van der Waals surface area contributed by atoms with Gasteiger partial charge in [-0.2, -0.15) is 0 Å². The summed E-state index contributed by atoms with van der Waals surface area (Å²) < 4.78 is 0. The monoisotopic (exact) mass is 235 g/mol. The van der Waals surface area contributed by atoms with Gasteiger partial charge in [0.1, 0.15) is 0 Å². The molecule has 5 heteroatoms. The van der Waals surface area contributed by atoms with Gasteiger partial charge in [0.15, 0.2) is 0 Å². The highest BCUT2D eigenvalue weighted by Crippen LogP contribution is 2.12. The number of rotatable bonds is 5. The molecule has 17 heavy (non-hydrogen) atoms. The van der Waals surface area contributed by atoms with Crippen LogP contribution in [0.1, 0.15) is 13.8 Å². The number of carbonyl (C=O) groups excluding carboxylic acids is 2. The lowest BCUT2D eigenvalue weighted by Crippen LogP contribution is -2.29. The Morgan fingerprint density at radius 3 is 2.24 bits per heavy atom. The molecule has 1 rings (SSSR count). The van der Waals surface area contributed by atoms with Crippen molar-refractivity contribution in [3.8, 4) is 0 Å². The molecule has 0 spiro atoms. The molecule has 0 atom stereocenters. The van der Waals surface area contributed by atoms with Crippen LogP contribution < -0.4 is 16.0 Å². The zero-order valence-corrected chi connectivity index (χ0v) is 10.0. The maximum absolute atomic E-state index is 11.2. The first-order chi connectivity index (χ1) is 8.11. The van der Waals surface area contributed by atoms with Gasteiger partial charge in [-0.15, -0.1) is 0 Å². The quantitative estimate of drug-likeness (QED) is 0.718. The zero-order valence-electron chi connectivity index (χ0n) is 10.0. The minimum atomic E-state index is -0.104. The molecule has 2 amide bonds. The Morgan fingerprint density at radius 2 is 1.71 bits per heavy atom. The van der Waals surface area contributed by atoms with Gasteiger partial charge in [-0.05, 0) is 31.2 Å². The van der Waals surface area contributed by atoms with Crippen LogP contribution in [0.5, 0.6) is 0 Å². The second-order valence-electron chi connectivity index (χ2n) is 3.57. The van der Waals surface area contributed by atoms with E-state index in [1.807, 2.05) is 19.1 Å². The smallest absolute Gasteiger partial charge is 0.239 e. The molecule has 1 aromatic rings. The first-order valence-electron chi connectivity index (χ1n) is 5.50. The van der Waals surface area contributed by atoms with Gasteiger partial charge in [0.25, 0.3) is 0 Å². The molecule has 0 unspecified atom stereocenters. The fraction of sp³-hybridized carbons (Fsp3) is 0.333. The Morgan fingerprint density at radius 1 is 1.12 bits per heavy atom. The molecule has 92 valence electrons. The van der Waals surface area contributed by atoms with Crippen molar-refractivity contribution in [2.45, 2.75) is 13.8 Å². The van der Waals surface area contributed by atoms with E-state index in [1.54, 1.807) is 12.1 Å². The summed E-state index contributed by atoms with van der Waals surface area (Å²) >= 11 is 0. The van der Waals surface area contributed by atoms with Crippen molar-refractivity contribution in [2.75, 3.05) is 23.7 Å². The molecule has 0 aliphatic rings. The van der Waals surface area contributed by atoms with Gasteiger partial charge >= 0.3 is 0 Å². The molecule has 0 bridgehead atoms. The van der Waals surface area contributed by atoms with E-state index in [2.05, 4.69) is 16.0 Å². The summed E-state index contributed by atoms with van der Waals surface area (Å²) in [6.07, 6.45) is 0. The van der Waals surface area contributed by atoms with Crippen LogP contribution in [0, 0.1) is 0 Å². The van der Waals surface area contributed by atoms with E-state index in [4.69, 9.17) is 0 Å². The van der Waals surface area contributed by atoms with E-state index in [9.17, 15) is 9.59 Å². The third kappa shape index (κ3) is 5.01. The number of carbonyl (C=O) groups is 2. The van der Waals surface area contributed by atoms with Crippen LogP contribution in [0.15, 0.2) is 24.3 Å². The first-order valence-corrected chi connectivity index (χ1v) is 5.50. The fourth-order valence-electron chi connectivity index (χ4n) is 1.32. The topological polar surface area (TPSA) is 70.2 Å². The van der Waals surface area contributed by atoms with E-state index in [1.165, 1.54) is 6.92 Å². The lowest BCUT2D eigenvalue weighted by molar-refractivity contribution is -0.119. The Bertz CT molecular complexity index is 387. The highest BCUT2D eigenvalue weighted by atomic mass is 16.2. The zero-order chi connectivity index (χ0) is 12.7. The number of nitrogens with one attached hydrogen (secondary N) is 3. The molecule has 0 saturated heterocycles. The average molecular weight is 235 g/mol. The lowest BCUT2D eigenvalue weighted by atomic mass is 10.2. The summed E-state index contributed by atoms with van der Waals surface area (Å²) in [5.41, 5.74) is 1.58. The van der Waals surface area contributed by atoms with Crippen molar-refractivity contribution < 1.29 is 9.59 Å². The van der Waals surface area contributed by atoms with Gasteiger partial charge in [0.2, 0.25) is 11.8 Å². The van der Waals surface area contributed by atoms with Crippen molar-refractivity contribution in [1.82, 2.24) is 5.32 Å². The van der Waals surface area contributed by atoms with E-state index in [0.717, 1.165) is 11.4 Å². The minimum Gasteiger partial charge on any atom is -0.376 e. The van der Waals surface area contributed by atoms with Crippen LogP contribution in [-0.4, -0.2) is 24.9 Å². The summed E-state index contributed by atoms with van der Waals surface area (Å²) in [6, 6.07) is 7.18. The van der Waals surface area contributed by atoms with Gasteiger partial charge in [-0.1, -0.05) is 0 Å². The number of hydrogen-bond donors (Lipinski definition) is 3. The van der Waals surface area contributed by atoms with Crippen LogP contribution in [0.25, 0.3) is 0 Å². The van der Waals surface area contributed by atoms with E-state index in [0.29, 0.717) is 6.54 Å². The van der Waals surface area contributed by atoms with Gasteiger partial charge in [-0.3, -0.25) is 9.59 Å². The van der Waals surface area contributed by atoms with Crippen molar-refractivity contribution in [3.63, 3.8) is 0 Å². The molecule has 0 fully saturated rings. The molecular weight excluding hydrogens is 218 g/mol. The number of likely N-dealkylation sites (N-methyl/N-ethyl adjacent to an activating group) is 1. The van der Waals surface area contributed by atoms with Gasteiger partial charge in [0, 0.05) is 24.8 Å². The fourth-order valence-corrected chi connectivity index (χ4v) is 1.32. The lowest BCUT2D eigenvalue weighted by Gasteiger charge is -2.07. The predicted molar refractivity (Wildman–Crippen MR) is 67.9 cm³/mol. The number of benzene rings is 1. The van der Waals surface area contributed by atoms with Crippen molar-refractivity contribution >= 4 is 23.2 Å². The molecule has 0 heterocycles. The van der Waals surface area contributed by atoms with Crippen LogP contribution >= 0.6 is 0 Å². The summed E-state index contributed by atoms with van der Waals surface area (Å²) in [7, 11) is 0. The third-order valence-corrected chi connectivity index (χ3v) is 2.03. The molecule has 0 aliphatic carbocycles. The second-order valence-corrected chi connectivity index (χ2v) is 3.57. The molecule has 0 aromatic heterocycles. The maximum atomic E-state index is 11.2. The van der Waals surface area contributed by atoms with Gasteiger partial charge < -0.3 is 16.0 Å². The van der Waals surface area contributed by atoms with E-state index < -0.39 is 0 Å². The molecule has 1 aromatic carbocycles. The standard InChI is InChI=1S/C12H17N3O2/c1-3-13-12(17)8-14-10-4-6-11(7-5-10)15-9(2)16/h4-7,14H,3,8H2,1-2H3,(H,13,17)(H,15,16). The summed E-state index contributed by atoms with van der Waals surface area (Å²) in [5, 5.41) is 8.35. The molecule has 0 saturated carbocycles. The Labute approximate surface area is 101 Å². The number of amides is 2. The highest BCUT2D eigenvalue weighted by molar-refractivity contribution is 5.88. The summed E-state index contributed by atoms with van der Waals surface area (Å²) in [4.78, 5) is 22.0. The van der Waals surface area contributed by atoms with Crippen molar-refractivity contribution in [3.05, 3.63) is 24.3 Å². The Hall–Kier alpha value is -2.04. The Balaban J connectivity index is 2.45. The molecule has 0 aliphatic heterocycles. The van der Waals surface area contributed by atoms with Crippen LogP contribution in [0.3, 0.4) is 0 Å². The normalized spacial score (nSPS) is 9.53. The van der Waals surface area contributed by atoms with Crippen molar-refractivity contribution in [1.29, 1.82) is 0 Å². The van der Waals surface area contributed by atoms with Crippen LogP contribution in [0.4, 0.5) is 11.4 Å².